The van der Waals surface area contributed by atoms with E-state index in [4.69, 9.17) is 4.74 Å². The van der Waals surface area contributed by atoms with Gasteiger partial charge in [-0.25, -0.2) is 9.37 Å². The van der Waals surface area contributed by atoms with Gasteiger partial charge in [0.25, 0.3) is 5.91 Å². The Morgan fingerprint density at radius 1 is 1.42 bits per heavy atom. The monoisotopic (exact) mass is 348 g/mol. The lowest BCUT2D eigenvalue weighted by Crippen LogP contribution is -2.42. The molecule has 128 valence electrons. The molecule has 0 aliphatic carbocycles. The summed E-state index contributed by atoms with van der Waals surface area (Å²) >= 11 is 1.56. The second-order valence-corrected chi connectivity index (χ2v) is 7.83. The predicted octanol–water partition coefficient (Wildman–Crippen LogP) is 3.79. The van der Waals surface area contributed by atoms with Gasteiger partial charge in [-0.2, -0.15) is 0 Å². The SMILES string of the molecule is CC(C)(C)c1csc(C2CN(C(=O)c3cccc(F)c3)CCO2)n1. The molecule has 1 aliphatic rings. The van der Waals surface area contributed by atoms with Crippen LogP contribution < -0.4 is 0 Å². The largest absolute Gasteiger partial charge is 0.367 e. The number of thiazole rings is 1. The highest BCUT2D eigenvalue weighted by Gasteiger charge is 2.29. The van der Waals surface area contributed by atoms with Crippen molar-refractivity contribution in [2.24, 2.45) is 0 Å². The number of ether oxygens (including phenoxy) is 1. The van der Waals surface area contributed by atoms with Crippen molar-refractivity contribution in [1.82, 2.24) is 9.88 Å². The number of nitrogens with zero attached hydrogens (tertiary/aromatic N) is 2. The molecule has 4 nitrogen and oxygen atoms in total. The maximum Gasteiger partial charge on any atom is 0.254 e. The molecule has 1 aromatic carbocycles. The second-order valence-electron chi connectivity index (χ2n) is 6.94. The van der Waals surface area contributed by atoms with Crippen LogP contribution in [0.5, 0.6) is 0 Å². The lowest BCUT2D eigenvalue weighted by atomic mass is 9.93. The molecule has 1 fully saturated rings. The van der Waals surface area contributed by atoms with Crippen LogP contribution in [0, 0.1) is 5.82 Å². The average Bonchev–Trinajstić information content (AvgIpc) is 3.04. The third kappa shape index (κ3) is 3.65. The normalized spacial score (nSPS) is 18.7. The summed E-state index contributed by atoms with van der Waals surface area (Å²) in [6.45, 7) is 7.75. The van der Waals surface area contributed by atoms with Gasteiger partial charge >= 0.3 is 0 Å². The van der Waals surface area contributed by atoms with Crippen LogP contribution >= 0.6 is 11.3 Å². The van der Waals surface area contributed by atoms with Crippen LogP contribution in [0.4, 0.5) is 4.39 Å². The van der Waals surface area contributed by atoms with E-state index in [1.165, 1.54) is 12.1 Å². The van der Waals surface area contributed by atoms with E-state index >= 15 is 0 Å². The number of hydrogen-bond donors (Lipinski definition) is 0. The molecule has 1 aliphatic heterocycles. The molecular formula is C18H21FN2O2S. The summed E-state index contributed by atoms with van der Waals surface area (Å²) in [6.07, 6.45) is -0.225. The first-order valence-corrected chi connectivity index (χ1v) is 8.85. The minimum atomic E-state index is -0.402. The van der Waals surface area contributed by atoms with E-state index in [2.05, 4.69) is 25.8 Å². The zero-order valence-electron chi connectivity index (χ0n) is 14.1. The summed E-state index contributed by atoms with van der Waals surface area (Å²) in [5, 5.41) is 2.93. The van der Waals surface area contributed by atoms with Crippen LogP contribution in [0.15, 0.2) is 29.6 Å². The van der Waals surface area contributed by atoms with Crippen molar-refractivity contribution >= 4 is 17.2 Å². The van der Waals surface area contributed by atoms with Crippen molar-refractivity contribution in [1.29, 1.82) is 0 Å². The molecule has 24 heavy (non-hydrogen) atoms. The van der Waals surface area contributed by atoms with Crippen molar-refractivity contribution < 1.29 is 13.9 Å². The number of halogens is 1. The molecule has 2 aromatic rings. The molecular weight excluding hydrogens is 327 g/mol. The first kappa shape index (κ1) is 17.0. The van der Waals surface area contributed by atoms with E-state index in [1.807, 2.05) is 5.38 Å². The van der Waals surface area contributed by atoms with Gasteiger partial charge in [-0.3, -0.25) is 4.79 Å². The van der Waals surface area contributed by atoms with Crippen LogP contribution in [-0.2, 0) is 10.2 Å². The molecule has 0 spiro atoms. The van der Waals surface area contributed by atoms with E-state index in [0.29, 0.717) is 25.3 Å². The number of hydrogen-bond acceptors (Lipinski definition) is 4. The zero-order valence-corrected chi connectivity index (χ0v) is 14.9. The van der Waals surface area contributed by atoms with Crippen LogP contribution in [0.25, 0.3) is 0 Å². The van der Waals surface area contributed by atoms with Gasteiger partial charge in [0.15, 0.2) is 0 Å². The molecule has 1 amide bonds. The Labute approximate surface area is 145 Å². The first-order valence-electron chi connectivity index (χ1n) is 7.97. The number of carbonyl (C=O) groups is 1. The number of rotatable bonds is 2. The molecule has 2 heterocycles. The van der Waals surface area contributed by atoms with Crippen molar-refractivity contribution in [3.63, 3.8) is 0 Å². The molecule has 1 aromatic heterocycles. The molecule has 6 heteroatoms. The Balaban J connectivity index is 1.75. The Bertz CT molecular complexity index is 739. The van der Waals surface area contributed by atoms with Gasteiger partial charge in [0.05, 0.1) is 18.8 Å². The van der Waals surface area contributed by atoms with Crippen LogP contribution in [0.1, 0.15) is 47.9 Å². The maximum atomic E-state index is 13.3. The van der Waals surface area contributed by atoms with Crippen LogP contribution in [0.2, 0.25) is 0 Å². The van der Waals surface area contributed by atoms with Crippen molar-refractivity contribution in [2.45, 2.75) is 32.3 Å². The Hall–Kier alpha value is -1.79. The highest BCUT2D eigenvalue weighted by atomic mass is 32.1. The van der Waals surface area contributed by atoms with Gasteiger partial charge in [0, 0.05) is 22.9 Å². The standard InChI is InChI=1S/C18H21FN2O2S/c1-18(2,3)15-11-24-16(20-15)14-10-21(7-8-23-14)17(22)12-5-4-6-13(19)9-12/h4-6,9,11,14H,7-8,10H2,1-3H3. The summed E-state index contributed by atoms with van der Waals surface area (Å²) in [7, 11) is 0. The summed E-state index contributed by atoms with van der Waals surface area (Å²) in [5.41, 5.74) is 1.38. The second kappa shape index (κ2) is 6.61. The minimum absolute atomic E-state index is 0.0134. The number of amides is 1. The highest BCUT2D eigenvalue weighted by Crippen LogP contribution is 2.30. The lowest BCUT2D eigenvalue weighted by Gasteiger charge is -2.32. The van der Waals surface area contributed by atoms with Gasteiger partial charge in [-0.05, 0) is 18.2 Å². The molecule has 1 saturated heterocycles. The fraction of sp³-hybridized carbons (Fsp3) is 0.444. The fourth-order valence-corrected chi connectivity index (χ4v) is 3.65. The molecule has 1 unspecified atom stereocenters. The average molecular weight is 348 g/mol. The highest BCUT2D eigenvalue weighted by molar-refractivity contribution is 7.09. The van der Waals surface area contributed by atoms with E-state index in [9.17, 15) is 9.18 Å². The van der Waals surface area contributed by atoms with Gasteiger partial charge in [0.1, 0.15) is 16.9 Å². The van der Waals surface area contributed by atoms with Crippen molar-refractivity contribution in [3.8, 4) is 0 Å². The van der Waals surface area contributed by atoms with E-state index in [-0.39, 0.29) is 17.4 Å². The molecule has 0 radical (unpaired) electrons. The van der Waals surface area contributed by atoms with Gasteiger partial charge in [0.2, 0.25) is 0 Å². The lowest BCUT2D eigenvalue weighted by molar-refractivity contribution is -0.0230. The smallest absolute Gasteiger partial charge is 0.254 e. The van der Waals surface area contributed by atoms with Crippen molar-refractivity contribution in [2.75, 3.05) is 19.7 Å². The number of aromatic nitrogens is 1. The van der Waals surface area contributed by atoms with Crippen molar-refractivity contribution in [3.05, 3.63) is 51.7 Å². The van der Waals surface area contributed by atoms with Crippen LogP contribution in [0.3, 0.4) is 0 Å². The molecule has 0 saturated carbocycles. The zero-order chi connectivity index (χ0) is 17.3. The number of carbonyl (C=O) groups excluding carboxylic acids is 1. The first-order chi connectivity index (χ1) is 11.3. The van der Waals surface area contributed by atoms with E-state index in [1.54, 1.807) is 28.4 Å². The number of benzene rings is 1. The fourth-order valence-electron chi connectivity index (χ4n) is 2.57. The van der Waals surface area contributed by atoms with Gasteiger partial charge in [-0.15, -0.1) is 11.3 Å². The third-order valence-electron chi connectivity index (χ3n) is 3.99. The maximum absolute atomic E-state index is 13.3. The van der Waals surface area contributed by atoms with Crippen LogP contribution in [-0.4, -0.2) is 35.5 Å². The van der Waals surface area contributed by atoms with Gasteiger partial charge in [-0.1, -0.05) is 26.8 Å². The quantitative estimate of drug-likeness (QED) is 0.829. The molecule has 0 N–H and O–H groups in total. The molecule has 0 bridgehead atoms. The van der Waals surface area contributed by atoms with E-state index < -0.39 is 5.82 Å². The Morgan fingerprint density at radius 2 is 2.21 bits per heavy atom. The summed E-state index contributed by atoms with van der Waals surface area (Å²) in [5.74, 6) is -0.573. The van der Waals surface area contributed by atoms with E-state index in [0.717, 1.165) is 10.7 Å². The van der Waals surface area contributed by atoms with Gasteiger partial charge < -0.3 is 9.64 Å². The predicted molar refractivity (Wildman–Crippen MR) is 91.8 cm³/mol. The Kier molecular flexibility index (Phi) is 4.69. The Morgan fingerprint density at radius 3 is 2.88 bits per heavy atom. The summed E-state index contributed by atoms with van der Waals surface area (Å²) in [4.78, 5) is 19.0. The summed E-state index contributed by atoms with van der Waals surface area (Å²) in [6, 6.07) is 5.80. The minimum Gasteiger partial charge on any atom is -0.367 e. The number of morpholine rings is 1. The third-order valence-corrected chi connectivity index (χ3v) is 4.93. The molecule has 1 atom stereocenters. The molecule has 3 rings (SSSR count). The summed E-state index contributed by atoms with van der Waals surface area (Å²) < 4.78 is 19.2. The topological polar surface area (TPSA) is 42.4 Å².